The molecule has 0 aliphatic carbocycles. The van der Waals surface area contributed by atoms with Gasteiger partial charge in [-0.3, -0.25) is 13.9 Å². The fourth-order valence-electron chi connectivity index (χ4n) is 4.00. The van der Waals surface area contributed by atoms with Crippen LogP contribution in [0.2, 0.25) is 5.02 Å². The maximum absolute atomic E-state index is 13.8. The van der Waals surface area contributed by atoms with Gasteiger partial charge in [0.05, 0.1) is 10.6 Å². The molecule has 0 radical (unpaired) electrons. The van der Waals surface area contributed by atoms with Crippen molar-refractivity contribution in [3.05, 3.63) is 95.0 Å². The number of benzene rings is 3. The van der Waals surface area contributed by atoms with Crippen molar-refractivity contribution in [3.63, 3.8) is 0 Å². The summed E-state index contributed by atoms with van der Waals surface area (Å²) in [5, 5.41) is 3.33. The molecule has 1 atom stereocenters. The van der Waals surface area contributed by atoms with E-state index in [2.05, 4.69) is 5.32 Å². The first-order valence-corrected chi connectivity index (χ1v) is 14.8. The molecule has 7 nitrogen and oxygen atoms in total. The largest absolute Gasteiger partial charge is 0.354 e. The number of nitrogens with zero attached hydrogens (tertiary/aromatic N) is 2. The first-order chi connectivity index (χ1) is 18.5. The van der Waals surface area contributed by atoms with E-state index in [4.69, 9.17) is 11.6 Å². The summed E-state index contributed by atoms with van der Waals surface area (Å²) in [7, 11) is -4.10. The summed E-state index contributed by atoms with van der Waals surface area (Å²) in [6.07, 6.45) is 0.514. The van der Waals surface area contributed by atoms with Crippen LogP contribution in [0.1, 0.15) is 31.9 Å². The normalized spacial score (nSPS) is 12.2. The Balaban J connectivity index is 1.95. The summed E-state index contributed by atoms with van der Waals surface area (Å²) in [6, 6.07) is 21.6. The number of rotatable bonds is 12. The lowest BCUT2D eigenvalue weighted by Crippen LogP contribution is -2.52. The van der Waals surface area contributed by atoms with Crippen molar-refractivity contribution in [2.45, 2.75) is 45.1 Å². The summed E-state index contributed by atoms with van der Waals surface area (Å²) < 4.78 is 28.7. The van der Waals surface area contributed by atoms with Gasteiger partial charge in [-0.1, -0.05) is 73.5 Å². The number of nitrogens with one attached hydrogen (secondary N) is 1. The molecule has 2 amide bonds. The molecule has 0 aliphatic heterocycles. The Kier molecular flexibility index (Phi) is 10.5. The van der Waals surface area contributed by atoms with Gasteiger partial charge in [0.1, 0.15) is 12.6 Å². The van der Waals surface area contributed by atoms with E-state index in [0.29, 0.717) is 23.7 Å². The number of aryl methyl sites for hydroxylation is 1. The molecule has 0 unspecified atom stereocenters. The van der Waals surface area contributed by atoms with E-state index in [9.17, 15) is 18.0 Å². The highest BCUT2D eigenvalue weighted by atomic mass is 35.5. The van der Waals surface area contributed by atoms with Crippen LogP contribution < -0.4 is 9.62 Å². The van der Waals surface area contributed by atoms with E-state index < -0.39 is 28.5 Å². The number of hydrogen-bond acceptors (Lipinski definition) is 4. The van der Waals surface area contributed by atoms with Crippen LogP contribution in [0.3, 0.4) is 0 Å². The zero-order chi connectivity index (χ0) is 28.6. The third-order valence-electron chi connectivity index (χ3n) is 6.34. The second-order valence-corrected chi connectivity index (χ2v) is 12.2. The van der Waals surface area contributed by atoms with Gasteiger partial charge in [0.2, 0.25) is 11.8 Å². The second-order valence-electron chi connectivity index (χ2n) is 9.94. The summed E-state index contributed by atoms with van der Waals surface area (Å²) in [4.78, 5) is 28.4. The van der Waals surface area contributed by atoms with Crippen LogP contribution in [-0.4, -0.2) is 50.8 Å². The molecule has 0 saturated carbocycles. The van der Waals surface area contributed by atoms with Gasteiger partial charge in [-0.2, -0.15) is 0 Å². The third kappa shape index (κ3) is 8.31. The molecule has 0 saturated heterocycles. The lowest BCUT2D eigenvalue weighted by atomic mass is 10.1. The Morgan fingerprint density at radius 2 is 1.51 bits per heavy atom. The van der Waals surface area contributed by atoms with Gasteiger partial charge in [-0.15, -0.1) is 0 Å². The molecule has 0 aliphatic rings. The predicted molar refractivity (Wildman–Crippen MR) is 156 cm³/mol. The molecule has 1 N–H and O–H groups in total. The van der Waals surface area contributed by atoms with Crippen molar-refractivity contribution in [3.8, 4) is 0 Å². The van der Waals surface area contributed by atoms with Gasteiger partial charge in [-0.05, 0) is 68.1 Å². The van der Waals surface area contributed by atoms with Crippen molar-refractivity contribution >= 4 is 39.1 Å². The number of carbonyl (C=O) groups is 2. The quantitative estimate of drug-likeness (QED) is 0.330. The summed E-state index contributed by atoms with van der Waals surface area (Å²) in [5.41, 5.74) is 2.22. The second kappa shape index (κ2) is 13.6. The maximum atomic E-state index is 13.8. The zero-order valence-corrected chi connectivity index (χ0v) is 24.4. The maximum Gasteiger partial charge on any atom is 0.264 e. The van der Waals surface area contributed by atoms with Gasteiger partial charge in [0.15, 0.2) is 0 Å². The topological polar surface area (TPSA) is 86.8 Å². The molecule has 3 rings (SSSR count). The average Bonchev–Trinajstić information content (AvgIpc) is 2.91. The number of halogens is 1. The smallest absolute Gasteiger partial charge is 0.264 e. The average molecular weight is 570 g/mol. The Morgan fingerprint density at radius 1 is 0.897 bits per heavy atom. The van der Waals surface area contributed by atoms with E-state index in [1.165, 1.54) is 17.0 Å². The molecule has 0 fully saturated rings. The van der Waals surface area contributed by atoms with Crippen molar-refractivity contribution < 1.29 is 18.0 Å². The van der Waals surface area contributed by atoms with Crippen molar-refractivity contribution in [1.29, 1.82) is 0 Å². The van der Waals surface area contributed by atoms with Crippen LogP contribution >= 0.6 is 11.6 Å². The molecule has 9 heteroatoms. The molecular formula is C30H36ClN3O4S. The van der Waals surface area contributed by atoms with E-state index in [0.717, 1.165) is 15.4 Å². The number of carbonyl (C=O) groups excluding carboxylic acids is 2. The fourth-order valence-corrected chi connectivity index (χ4v) is 5.54. The predicted octanol–water partition coefficient (Wildman–Crippen LogP) is 5.08. The van der Waals surface area contributed by atoms with Crippen molar-refractivity contribution in [1.82, 2.24) is 10.2 Å². The van der Waals surface area contributed by atoms with Gasteiger partial charge < -0.3 is 10.2 Å². The van der Waals surface area contributed by atoms with Crippen LogP contribution in [0.15, 0.2) is 83.8 Å². The number of hydrogen-bond donors (Lipinski definition) is 1. The number of amides is 2. The van der Waals surface area contributed by atoms with Crippen LogP contribution in [0.4, 0.5) is 5.69 Å². The third-order valence-corrected chi connectivity index (χ3v) is 8.38. The minimum Gasteiger partial charge on any atom is -0.354 e. The standard InChI is InChI=1S/C30H36ClN3O4S/c1-22(2)20-32-30(36)24(4)33(19-18-25-8-6-5-7-9-25)29(35)21-34(27-14-12-26(31)13-15-27)39(37,38)28-16-10-23(3)11-17-28/h5-17,22,24H,18-21H2,1-4H3,(H,32,36)/t24-/m0/s1. The Labute approximate surface area is 236 Å². The first kappa shape index (κ1) is 30.2. The highest BCUT2D eigenvalue weighted by Gasteiger charge is 2.32. The molecule has 3 aromatic rings. The van der Waals surface area contributed by atoms with E-state index in [1.54, 1.807) is 43.3 Å². The minimum atomic E-state index is -4.10. The molecular weight excluding hydrogens is 534 g/mol. The van der Waals surface area contributed by atoms with Crippen LogP contribution in [0, 0.1) is 12.8 Å². The number of sulfonamides is 1. The van der Waals surface area contributed by atoms with Crippen LogP contribution in [0.25, 0.3) is 0 Å². The SMILES string of the molecule is Cc1ccc(S(=O)(=O)N(CC(=O)N(CCc2ccccc2)[C@@H](C)C(=O)NCC(C)C)c2ccc(Cl)cc2)cc1. The molecule has 3 aromatic carbocycles. The van der Waals surface area contributed by atoms with Crippen molar-refractivity contribution in [2.24, 2.45) is 5.92 Å². The summed E-state index contributed by atoms with van der Waals surface area (Å²) in [6.45, 7) is 7.76. The van der Waals surface area contributed by atoms with Gasteiger partial charge in [-0.25, -0.2) is 8.42 Å². The monoisotopic (exact) mass is 569 g/mol. The molecule has 208 valence electrons. The Morgan fingerprint density at radius 3 is 2.10 bits per heavy atom. The summed E-state index contributed by atoms with van der Waals surface area (Å²) in [5.74, 6) is -0.525. The highest BCUT2D eigenvalue weighted by Crippen LogP contribution is 2.26. The van der Waals surface area contributed by atoms with Gasteiger partial charge in [0, 0.05) is 18.1 Å². The van der Waals surface area contributed by atoms with Gasteiger partial charge in [0.25, 0.3) is 10.0 Å². The lowest BCUT2D eigenvalue weighted by molar-refractivity contribution is -0.138. The molecule has 39 heavy (non-hydrogen) atoms. The first-order valence-electron chi connectivity index (χ1n) is 12.9. The van der Waals surface area contributed by atoms with Crippen LogP contribution in [-0.2, 0) is 26.0 Å². The van der Waals surface area contributed by atoms with Crippen molar-refractivity contribution in [2.75, 3.05) is 23.9 Å². The Bertz CT molecular complexity index is 1350. The fraction of sp³-hybridized carbons (Fsp3) is 0.333. The van der Waals surface area contributed by atoms with E-state index >= 15 is 0 Å². The molecule has 0 heterocycles. The van der Waals surface area contributed by atoms with E-state index in [1.807, 2.05) is 51.1 Å². The van der Waals surface area contributed by atoms with E-state index in [-0.39, 0.29) is 23.3 Å². The number of anilines is 1. The zero-order valence-electron chi connectivity index (χ0n) is 22.8. The highest BCUT2D eigenvalue weighted by molar-refractivity contribution is 7.92. The van der Waals surface area contributed by atoms with Crippen LogP contribution in [0.5, 0.6) is 0 Å². The van der Waals surface area contributed by atoms with Gasteiger partial charge >= 0.3 is 0 Å². The minimum absolute atomic E-state index is 0.0643. The summed E-state index contributed by atoms with van der Waals surface area (Å²) >= 11 is 6.06. The molecule has 0 spiro atoms. The Hall–Kier alpha value is -3.36. The molecule has 0 bridgehead atoms. The molecule has 0 aromatic heterocycles. The lowest BCUT2D eigenvalue weighted by Gasteiger charge is -2.32.